The minimum Gasteiger partial charge on any atom is -0.365 e. The summed E-state index contributed by atoms with van der Waals surface area (Å²) in [6, 6.07) is 6.43. The molecule has 0 fully saturated rings. The van der Waals surface area contributed by atoms with E-state index in [9.17, 15) is 0 Å². The number of fused-ring (bicyclic) bond motifs is 1. The van der Waals surface area contributed by atoms with E-state index in [1.54, 1.807) is 11.3 Å². The first-order valence-corrected chi connectivity index (χ1v) is 6.36. The molecular weight excluding hydrogens is 218 g/mol. The van der Waals surface area contributed by atoms with Crippen molar-refractivity contribution in [3.05, 3.63) is 40.9 Å². The van der Waals surface area contributed by atoms with E-state index in [0.717, 1.165) is 18.5 Å². The zero-order valence-electron chi connectivity index (χ0n) is 9.14. The van der Waals surface area contributed by atoms with Crippen molar-refractivity contribution in [1.82, 2.24) is 4.98 Å². The van der Waals surface area contributed by atoms with Crippen molar-refractivity contribution >= 4 is 21.6 Å². The van der Waals surface area contributed by atoms with Crippen LogP contribution in [0.25, 0.3) is 10.2 Å². The van der Waals surface area contributed by atoms with Crippen LogP contribution in [0.15, 0.2) is 30.4 Å². The Hall–Kier alpha value is -1.19. The van der Waals surface area contributed by atoms with E-state index in [1.807, 2.05) is 0 Å². The third kappa shape index (κ3) is 1.66. The molecule has 0 saturated heterocycles. The molecule has 0 amide bonds. The lowest BCUT2D eigenvalue weighted by atomic mass is 10.1. The van der Waals surface area contributed by atoms with Gasteiger partial charge in [-0.25, -0.2) is 4.98 Å². The van der Waals surface area contributed by atoms with E-state index in [2.05, 4.69) is 42.3 Å². The van der Waals surface area contributed by atoms with Crippen LogP contribution in [0.1, 0.15) is 23.6 Å². The van der Waals surface area contributed by atoms with Gasteiger partial charge in [0.15, 0.2) is 0 Å². The van der Waals surface area contributed by atoms with E-state index in [4.69, 9.17) is 4.74 Å². The molecule has 16 heavy (non-hydrogen) atoms. The number of benzene rings is 1. The highest BCUT2D eigenvalue weighted by molar-refractivity contribution is 7.18. The van der Waals surface area contributed by atoms with E-state index in [1.165, 1.54) is 15.3 Å². The first-order chi connectivity index (χ1) is 7.86. The van der Waals surface area contributed by atoms with Crippen molar-refractivity contribution < 1.29 is 4.74 Å². The third-order valence-electron chi connectivity index (χ3n) is 2.77. The van der Waals surface area contributed by atoms with Gasteiger partial charge < -0.3 is 4.74 Å². The van der Waals surface area contributed by atoms with Gasteiger partial charge in [0, 0.05) is 0 Å². The summed E-state index contributed by atoms with van der Waals surface area (Å²) in [7, 11) is 0. The Morgan fingerprint density at radius 1 is 1.50 bits per heavy atom. The fraction of sp³-hybridized carbons (Fsp3) is 0.308. The average molecular weight is 231 g/mol. The monoisotopic (exact) mass is 231 g/mol. The van der Waals surface area contributed by atoms with Gasteiger partial charge in [0.2, 0.25) is 0 Å². The number of hydrogen-bond acceptors (Lipinski definition) is 3. The lowest BCUT2D eigenvalue weighted by Crippen LogP contribution is -1.95. The highest BCUT2D eigenvalue weighted by Crippen LogP contribution is 2.29. The summed E-state index contributed by atoms with van der Waals surface area (Å²) in [5.41, 5.74) is 2.30. The van der Waals surface area contributed by atoms with Gasteiger partial charge in [0.05, 0.1) is 21.8 Å². The maximum atomic E-state index is 5.59. The van der Waals surface area contributed by atoms with Crippen molar-refractivity contribution in [2.45, 2.75) is 19.4 Å². The van der Waals surface area contributed by atoms with E-state index in [0.29, 0.717) is 0 Å². The number of ether oxygens (including phenoxy) is 1. The minimum atomic E-state index is 0.121. The van der Waals surface area contributed by atoms with Crippen LogP contribution < -0.4 is 0 Å². The summed E-state index contributed by atoms with van der Waals surface area (Å²) < 4.78 is 6.85. The molecule has 3 heteroatoms. The number of hydrogen-bond donors (Lipinski definition) is 0. The standard InChI is InChI=1S/C13H13NOS/c1-2-13-14-10-8-9(5-6-12(10)16-13)11-4-3-7-15-11/h3-6,8,11H,2,7H2,1H3/t11-/m0/s1. The van der Waals surface area contributed by atoms with Crippen LogP contribution in [0.4, 0.5) is 0 Å². The number of nitrogens with zero attached hydrogens (tertiary/aromatic N) is 1. The highest BCUT2D eigenvalue weighted by Gasteiger charge is 2.13. The lowest BCUT2D eigenvalue weighted by molar-refractivity contribution is 0.129. The fourth-order valence-electron chi connectivity index (χ4n) is 1.92. The molecule has 0 aliphatic carbocycles. The molecule has 82 valence electrons. The molecule has 1 aromatic heterocycles. The van der Waals surface area contributed by atoms with Crippen LogP contribution in [0.3, 0.4) is 0 Å². The van der Waals surface area contributed by atoms with Crippen molar-refractivity contribution in [3.8, 4) is 0 Å². The second-order valence-corrected chi connectivity index (χ2v) is 4.99. The summed E-state index contributed by atoms with van der Waals surface area (Å²) >= 11 is 1.78. The highest BCUT2D eigenvalue weighted by atomic mass is 32.1. The summed E-state index contributed by atoms with van der Waals surface area (Å²) in [4.78, 5) is 4.60. The molecule has 2 nitrogen and oxygen atoms in total. The van der Waals surface area contributed by atoms with Crippen LogP contribution in [0.2, 0.25) is 0 Å². The zero-order chi connectivity index (χ0) is 11.0. The Morgan fingerprint density at radius 3 is 3.19 bits per heavy atom. The maximum absolute atomic E-state index is 5.59. The Morgan fingerprint density at radius 2 is 2.44 bits per heavy atom. The van der Waals surface area contributed by atoms with Gasteiger partial charge in [-0.2, -0.15) is 0 Å². The van der Waals surface area contributed by atoms with Gasteiger partial charge in [0.1, 0.15) is 6.10 Å². The second-order valence-electron chi connectivity index (χ2n) is 3.87. The summed E-state index contributed by atoms with van der Waals surface area (Å²) in [5.74, 6) is 0. The Bertz CT molecular complexity index is 544. The predicted molar refractivity (Wildman–Crippen MR) is 66.8 cm³/mol. The summed E-state index contributed by atoms with van der Waals surface area (Å²) in [6.45, 7) is 2.86. The molecule has 3 rings (SSSR count). The fourth-order valence-corrected chi connectivity index (χ4v) is 2.81. The zero-order valence-corrected chi connectivity index (χ0v) is 9.96. The molecule has 0 saturated carbocycles. The van der Waals surface area contributed by atoms with Crippen LogP contribution in [0.5, 0.6) is 0 Å². The second kappa shape index (κ2) is 4.00. The van der Waals surface area contributed by atoms with Crippen molar-refractivity contribution in [1.29, 1.82) is 0 Å². The Kier molecular flexibility index (Phi) is 2.50. The van der Waals surface area contributed by atoms with E-state index >= 15 is 0 Å². The van der Waals surface area contributed by atoms with Crippen LogP contribution >= 0.6 is 11.3 Å². The SMILES string of the molecule is CCc1nc2cc([C@@H]3C=CCO3)ccc2s1. The third-order valence-corrected chi connectivity index (χ3v) is 3.95. The number of aromatic nitrogens is 1. The van der Waals surface area contributed by atoms with E-state index < -0.39 is 0 Å². The summed E-state index contributed by atoms with van der Waals surface area (Å²) in [5, 5.41) is 1.20. The van der Waals surface area contributed by atoms with Gasteiger partial charge in [-0.3, -0.25) is 0 Å². The van der Waals surface area contributed by atoms with Gasteiger partial charge in [-0.1, -0.05) is 25.1 Å². The summed E-state index contributed by atoms with van der Waals surface area (Å²) in [6.07, 6.45) is 5.30. The minimum absolute atomic E-state index is 0.121. The van der Waals surface area contributed by atoms with Gasteiger partial charge in [0.25, 0.3) is 0 Å². The first kappa shape index (κ1) is 10.00. The molecule has 0 unspecified atom stereocenters. The maximum Gasteiger partial charge on any atom is 0.101 e. The number of aryl methyl sites for hydroxylation is 1. The Balaban J connectivity index is 2.04. The molecular formula is C13H13NOS. The molecule has 0 spiro atoms. The van der Waals surface area contributed by atoms with Crippen molar-refractivity contribution in [2.24, 2.45) is 0 Å². The smallest absolute Gasteiger partial charge is 0.101 e. The van der Waals surface area contributed by atoms with Gasteiger partial charge in [-0.15, -0.1) is 11.3 Å². The van der Waals surface area contributed by atoms with Crippen molar-refractivity contribution in [3.63, 3.8) is 0 Å². The molecule has 1 aliphatic rings. The number of thiazole rings is 1. The van der Waals surface area contributed by atoms with Crippen molar-refractivity contribution in [2.75, 3.05) is 6.61 Å². The predicted octanol–water partition coefficient (Wildman–Crippen LogP) is 3.49. The normalized spacial score (nSPS) is 19.7. The lowest BCUT2D eigenvalue weighted by Gasteiger charge is -2.07. The molecule has 1 aliphatic heterocycles. The van der Waals surface area contributed by atoms with Crippen LogP contribution in [0, 0.1) is 0 Å². The van der Waals surface area contributed by atoms with Crippen LogP contribution in [-0.2, 0) is 11.2 Å². The van der Waals surface area contributed by atoms with E-state index in [-0.39, 0.29) is 6.10 Å². The first-order valence-electron chi connectivity index (χ1n) is 5.54. The molecule has 2 heterocycles. The molecule has 1 aromatic carbocycles. The molecule has 2 aromatic rings. The molecule has 1 atom stereocenters. The largest absolute Gasteiger partial charge is 0.365 e. The molecule has 0 N–H and O–H groups in total. The number of rotatable bonds is 2. The Labute approximate surface area is 98.6 Å². The van der Waals surface area contributed by atoms with Gasteiger partial charge in [-0.05, 0) is 24.1 Å². The quantitative estimate of drug-likeness (QED) is 0.738. The molecule has 0 radical (unpaired) electrons. The topological polar surface area (TPSA) is 22.1 Å². The van der Waals surface area contributed by atoms with Crippen LogP contribution in [-0.4, -0.2) is 11.6 Å². The molecule has 0 bridgehead atoms. The average Bonchev–Trinajstić information content (AvgIpc) is 2.96. The van der Waals surface area contributed by atoms with Gasteiger partial charge >= 0.3 is 0 Å².